The Labute approximate surface area is 122 Å². The molecular weight excluding hydrogens is 270 g/mol. The van der Waals surface area contributed by atoms with Crippen molar-refractivity contribution in [3.63, 3.8) is 0 Å². The van der Waals surface area contributed by atoms with Crippen molar-refractivity contribution in [1.82, 2.24) is 9.97 Å². The van der Waals surface area contributed by atoms with Gasteiger partial charge in [-0.05, 0) is 25.0 Å². The first-order chi connectivity index (χ1) is 10.2. The van der Waals surface area contributed by atoms with Gasteiger partial charge in [-0.25, -0.2) is 4.98 Å². The normalized spacial score (nSPS) is 13.8. The van der Waals surface area contributed by atoms with Gasteiger partial charge < -0.3 is 19.9 Å². The minimum atomic E-state index is 0.396. The number of nitrogens with two attached hydrogens (primary N) is 1. The van der Waals surface area contributed by atoms with Crippen LogP contribution in [0.2, 0.25) is 0 Å². The van der Waals surface area contributed by atoms with Gasteiger partial charge in [0, 0.05) is 12.0 Å². The number of nitrogen functional groups attached to an aromatic ring is 1. The Kier molecular flexibility index (Phi) is 3.51. The van der Waals surface area contributed by atoms with Gasteiger partial charge >= 0.3 is 0 Å². The van der Waals surface area contributed by atoms with Gasteiger partial charge in [0.2, 0.25) is 11.6 Å². The van der Waals surface area contributed by atoms with Gasteiger partial charge in [0.15, 0.2) is 11.5 Å². The van der Waals surface area contributed by atoms with Gasteiger partial charge in [0.25, 0.3) is 0 Å². The topological polar surface area (TPSA) is 79.5 Å². The molecule has 3 rings (SSSR count). The molecule has 6 nitrogen and oxygen atoms in total. The van der Waals surface area contributed by atoms with E-state index in [0.717, 1.165) is 18.7 Å². The number of para-hydroxylation sites is 1. The molecule has 110 valence electrons. The number of nitrogens with zero attached hydrogens (tertiary/aromatic N) is 2. The van der Waals surface area contributed by atoms with Crippen molar-refractivity contribution in [3.05, 3.63) is 30.1 Å². The maximum absolute atomic E-state index is 5.84. The number of methoxy groups -OCH3 is 2. The van der Waals surface area contributed by atoms with Gasteiger partial charge in [0.05, 0.1) is 14.2 Å². The monoisotopic (exact) mass is 287 g/mol. The third-order valence-electron chi connectivity index (χ3n) is 3.27. The Bertz CT molecular complexity index is 634. The van der Waals surface area contributed by atoms with Crippen molar-refractivity contribution in [2.24, 2.45) is 0 Å². The zero-order chi connectivity index (χ0) is 14.8. The fraction of sp³-hybridized carbons (Fsp3) is 0.333. The minimum absolute atomic E-state index is 0.396. The SMILES string of the molecule is COc1cccc(OC)c1Oc1cc(N)nc(C2CC2)n1. The van der Waals surface area contributed by atoms with E-state index in [2.05, 4.69) is 9.97 Å². The lowest BCUT2D eigenvalue weighted by Gasteiger charge is -2.13. The first-order valence-electron chi connectivity index (χ1n) is 6.74. The van der Waals surface area contributed by atoms with Crippen LogP contribution in [0.25, 0.3) is 0 Å². The Morgan fingerprint density at radius 1 is 1.10 bits per heavy atom. The van der Waals surface area contributed by atoms with E-state index in [1.165, 1.54) is 0 Å². The van der Waals surface area contributed by atoms with E-state index in [1.807, 2.05) is 6.07 Å². The number of hydrogen-bond acceptors (Lipinski definition) is 6. The summed E-state index contributed by atoms with van der Waals surface area (Å²) in [6, 6.07) is 7.01. The fourth-order valence-corrected chi connectivity index (χ4v) is 2.06. The third-order valence-corrected chi connectivity index (χ3v) is 3.27. The van der Waals surface area contributed by atoms with Gasteiger partial charge in [-0.15, -0.1) is 0 Å². The maximum Gasteiger partial charge on any atom is 0.225 e. The van der Waals surface area contributed by atoms with Crippen molar-refractivity contribution in [2.45, 2.75) is 18.8 Å². The molecular formula is C15H17N3O3. The molecule has 2 N–H and O–H groups in total. The molecule has 1 heterocycles. The number of anilines is 1. The molecule has 0 radical (unpaired) electrons. The summed E-state index contributed by atoms with van der Waals surface area (Å²) >= 11 is 0. The molecule has 0 atom stereocenters. The Balaban J connectivity index is 1.96. The molecule has 21 heavy (non-hydrogen) atoms. The largest absolute Gasteiger partial charge is 0.493 e. The summed E-state index contributed by atoms with van der Waals surface area (Å²) in [5.74, 6) is 3.54. The van der Waals surface area contributed by atoms with Crippen molar-refractivity contribution in [2.75, 3.05) is 20.0 Å². The number of rotatable bonds is 5. The van der Waals surface area contributed by atoms with Crippen LogP contribution < -0.4 is 19.9 Å². The molecule has 1 aromatic heterocycles. The molecule has 1 saturated carbocycles. The average Bonchev–Trinajstić information content (AvgIpc) is 3.31. The van der Waals surface area contributed by atoms with Crippen LogP contribution in [-0.2, 0) is 0 Å². The van der Waals surface area contributed by atoms with Gasteiger partial charge in [-0.2, -0.15) is 4.98 Å². The van der Waals surface area contributed by atoms with Crippen LogP contribution in [0.3, 0.4) is 0 Å². The van der Waals surface area contributed by atoms with Crippen LogP contribution in [0, 0.1) is 0 Å². The zero-order valence-corrected chi connectivity index (χ0v) is 12.0. The highest BCUT2D eigenvalue weighted by Crippen LogP contribution is 2.42. The number of ether oxygens (including phenoxy) is 3. The first-order valence-corrected chi connectivity index (χ1v) is 6.74. The smallest absolute Gasteiger partial charge is 0.225 e. The quantitative estimate of drug-likeness (QED) is 0.910. The molecule has 1 aliphatic rings. The summed E-state index contributed by atoms with van der Waals surface area (Å²) in [6.07, 6.45) is 2.20. The molecule has 0 bridgehead atoms. The van der Waals surface area contributed by atoms with Crippen molar-refractivity contribution in [1.29, 1.82) is 0 Å². The number of hydrogen-bond donors (Lipinski definition) is 1. The maximum atomic E-state index is 5.84. The molecule has 0 amide bonds. The summed E-state index contributed by atoms with van der Waals surface area (Å²) in [6.45, 7) is 0. The van der Waals surface area contributed by atoms with Gasteiger partial charge in [-0.3, -0.25) is 0 Å². The molecule has 0 spiro atoms. The van der Waals surface area contributed by atoms with E-state index in [9.17, 15) is 0 Å². The Hall–Kier alpha value is -2.50. The lowest BCUT2D eigenvalue weighted by Crippen LogP contribution is -2.01. The highest BCUT2D eigenvalue weighted by atomic mass is 16.5. The standard InChI is InChI=1S/C15H17N3O3/c1-19-10-4-3-5-11(20-2)14(10)21-13-8-12(16)17-15(18-13)9-6-7-9/h3-5,8-9H,6-7H2,1-2H3,(H2,16,17,18). The summed E-state index contributed by atoms with van der Waals surface area (Å²) in [5, 5.41) is 0. The number of benzene rings is 1. The second kappa shape index (κ2) is 5.47. The summed E-state index contributed by atoms with van der Waals surface area (Å²) in [7, 11) is 3.15. The Morgan fingerprint density at radius 2 is 1.76 bits per heavy atom. The number of aromatic nitrogens is 2. The lowest BCUT2D eigenvalue weighted by atomic mass is 10.3. The molecule has 2 aromatic rings. The molecule has 6 heteroatoms. The second-order valence-corrected chi connectivity index (χ2v) is 4.86. The second-order valence-electron chi connectivity index (χ2n) is 4.86. The molecule has 1 fully saturated rings. The fourth-order valence-electron chi connectivity index (χ4n) is 2.06. The predicted molar refractivity (Wildman–Crippen MR) is 78.0 cm³/mol. The van der Waals surface area contributed by atoms with Crippen LogP contribution in [0.15, 0.2) is 24.3 Å². The first kappa shape index (κ1) is 13.5. The van der Waals surface area contributed by atoms with Crippen LogP contribution in [0.5, 0.6) is 23.1 Å². The predicted octanol–water partition coefficient (Wildman–Crippen LogP) is 2.75. The lowest BCUT2D eigenvalue weighted by molar-refractivity contribution is 0.341. The summed E-state index contributed by atoms with van der Waals surface area (Å²) in [4.78, 5) is 8.66. The van der Waals surface area contributed by atoms with Crippen LogP contribution >= 0.6 is 0 Å². The van der Waals surface area contributed by atoms with E-state index in [4.69, 9.17) is 19.9 Å². The third kappa shape index (κ3) is 2.84. The summed E-state index contributed by atoms with van der Waals surface area (Å²) in [5.41, 5.74) is 5.83. The van der Waals surface area contributed by atoms with E-state index < -0.39 is 0 Å². The van der Waals surface area contributed by atoms with Crippen LogP contribution in [-0.4, -0.2) is 24.2 Å². The van der Waals surface area contributed by atoms with Crippen molar-refractivity contribution >= 4 is 5.82 Å². The van der Waals surface area contributed by atoms with Gasteiger partial charge in [-0.1, -0.05) is 6.07 Å². The molecule has 0 aliphatic heterocycles. The van der Waals surface area contributed by atoms with E-state index >= 15 is 0 Å². The van der Waals surface area contributed by atoms with E-state index in [1.54, 1.807) is 32.4 Å². The average molecular weight is 287 g/mol. The van der Waals surface area contributed by atoms with Crippen molar-refractivity contribution < 1.29 is 14.2 Å². The summed E-state index contributed by atoms with van der Waals surface area (Å²) < 4.78 is 16.4. The van der Waals surface area contributed by atoms with E-state index in [0.29, 0.717) is 34.9 Å². The van der Waals surface area contributed by atoms with Crippen LogP contribution in [0.4, 0.5) is 5.82 Å². The zero-order valence-electron chi connectivity index (χ0n) is 12.0. The molecule has 0 unspecified atom stereocenters. The van der Waals surface area contributed by atoms with Gasteiger partial charge in [0.1, 0.15) is 11.6 Å². The molecule has 1 aliphatic carbocycles. The highest BCUT2D eigenvalue weighted by molar-refractivity contribution is 5.53. The van der Waals surface area contributed by atoms with Crippen molar-refractivity contribution in [3.8, 4) is 23.1 Å². The van der Waals surface area contributed by atoms with E-state index in [-0.39, 0.29) is 0 Å². The van der Waals surface area contributed by atoms with Crippen LogP contribution in [0.1, 0.15) is 24.6 Å². The Morgan fingerprint density at radius 3 is 2.33 bits per heavy atom. The minimum Gasteiger partial charge on any atom is -0.493 e. The molecule has 0 saturated heterocycles. The molecule has 1 aromatic carbocycles. The highest BCUT2D eigenvalue weighted by Gasteiger charge is 2.27.